The number of fused-ring (bicyclic) bond motifs is 1. The number of hydrogen-bond acceptors (Lipinski definition) is 4. The SMILES string of the molecule is FC(F)(F)c1ccccc1-c1nc(Nc2n[nH]c3ccccc23)cc(C2CCCCC2)n1. The molecule has 2 aromatic heterocycles. The van der Waals surface area contributed by atoms with Crippen molar-refractivity contribution in [1.29, 1.82) is 0 Å². The standard InChI is InChI=1S/C24H22F3N5/c25-24(26,27)18-12-6-4-10-16(18)22-28-20(15-8-2-1-3-9-15)14-21(29-22)30-23-17-11-5-7-13-19(17)31-32-23/h4-7,10-15H,1-3,8-9H2,(H2,28,29,30,31,32). The van der Waals surface area contributed by atoms with E-state index in [9.17, 15) is 13.2 Å². The highest BCUT2D eigenvalue weighted by Crippen LogP contribution is 2.38. The number of aromatic nitrogens is 4. The van der Waals surface area contributed by atoms with E-state index in [0.717, 1.165) is 48.3 Å². The number of nitrogens with one attached hydrogen (secondary N) is 2. The predicted octanol–water partition coefficient (Wildman–Crippen LogP) is 6.83. The van der Waals surface area contributed by atoms with Crippen molar-refractivity contribution in [3.05, 3.63) is 65.9 Å². The van der Waals surface area contributed by atoms with E-state index in [4.69, 9.17) is 0 Å². The van der Waals surface area contributed by atoms with Crippen LogP contribution in [0.25, 0.3) is 22.3 Å². The zero-order chi connectivity index (χ0) is 22.1. The topological polar surface area (TPSA) is 66.5 Å². The van der Waals surface area contributed by atoms with E-state index in [0.29, 0.717) is 11.6 Å². The lowest BCUT2D eigenvalue weighted by Gasteiger charge is -2.22. The van der Waals surface area contributed by atoms with Gasteiger partial charge in [0.05, 0.1) is 11.1 Å². The highest BCUT2D eigenvalue weighted by atomic mass is 19.4. The van der Waals surface area contributed by atoms with Crippen molar-refractivity contribution in [2.45, 2.75) is 44.2 Å². The Balaban J connectivity index is 1.61. The second kappa shape index (κ2) is 8.26. The number of anilines is 2. The Hall–Kier alpha value is -3.42. The van der Waals surface area contributed by atoms with Gasteiger partial charge in [0.2, 0.25) is 0 Å². The van der Waals surface area contributed by atoms with E-state index in [-0.39, 0.29) is 17.3 Å². The van der Waals surface area contributed by atoms with Gasteiger partial charge in [-0.05, 0) is 31.0 Å². The summed E-state index contributed by atoms with van der Waals surface area (Å²) in [6.45, 7) is 0. The fraction of sp³-hybridized carbons (Fsp3) is 0.292. The van der Waals surface area contributed by atoms with Gasteiger partial charge < -0.3 is 5.32 Å². The van der Waals surface area contributed by atoms with E-state index in [1.807, 2.05) is 30.3 Å². The van der Waals surface area contributed by atoms with Gasteiger partial charge in [0, 0.05) is 28.6 Å². The fourth-order valence-corrected chi connectivity index (χ4v) is 4.36. The third kappa shape index (κ3) is 4.04. The van der Waals surface area contributed by atoms with Crippen LogP contribution in [0.2, 0.25) is 0 Å². The quantitative estimate of drug-likeness (QED) is 0.367. The molecule has 2 aromatic carbocycles. The molecule has 1 aliphatic carbocycles. The van der Waals surface area contributed by atoms with Crippen LogP contribution in [0.4, 0.5) is 24.8 Å². The molecule has 164 valence electrons. The molecule has 2 N–H and O–H groups in total. The van der Waals surface area contributed by atoms with Gasteiger partial charge in [0.25, 0.3) is 0 Å². The molecular formula is C24H22F3N5. The minimum absolute atomic E-state index is 0.0207. The summed E-state index contributed by atoms with van der Waals surface area (Å²) in [5, 5.41) is 11.3. The first kappa shape index (κ1) is 20.5. The summed E-state index contributed by atoms with van der Waals surface area (Å²) >= 11 is 0. The van der Waals surface area contributed by atoms with E-state index in [1.54, 1.807) is 6.07 Å². The zero-order valence-corrected chi connectivity index (χ0v) is 17.3. The second-order valence-electron chi connectivity index (χ2n) is 8.12. The maximum absolute atomic E-state index is 13.7. The van der Waals surface area contributed by atoms with Crippen molar-refractivity contribution in [2.24, 2.45) is 0 Å². The molecule has 0 amide bonds. The molecule has 0 radical (unpaired) electrons. The van der Waals surface area contributed by atoms with Crippen LogP contribution in [0.5, 0.6) is 0 Å². The van der Waals surface area contributed by atoms with Gasteiger partial charge in [-0.2, -0.15) is 18.3 Å². The van der Waals surface area contributed by atoms with Gasteiger partial charge in [0.1, 0.15) is 5.82 Å². The zero-order valence-electron chi connectivity index (χ0n) is 17.3. The molecule has 8 heteroatoms. The molecule has 5 rings (SSSR count). The third-order valence-corrected chi connectivity index (χ3v) is 5.96. The molecule has 1 fully saturated rings. The lowest BCUT2D eigenvalue weighted by molar-refractivity contribution is -0.137. The first-order valence-electron chi connectivity index (χ1n) is 10.7. The van der Waals surface area contributed by atoms with E-state index >= 15 is 0 Å². The third-order valence-electron chi connectivity index (χ3n) is 5.96. The average Bonchev–Trinajstić information content (AvgIpc) is 3.22. The monoisotopic (exact) mass is 437 g/mol. The molecule has 0 bridgehead atoms. The number of rotatable bonds is 4. The molecule has 32 heavy (non-hydrogen) atoms. The molecule has 5 nitrogen and oxygen atoms in total. The van der Waals surface area contributed by atoms with Crippen molar-refractivity contribution in [1.82, 2.24) is 20.2 Å². The van der Waals surface area contributed by atoms with Crippen LogP contribution in [0.1, 0.15) is 49.3 Å². The summed E-state index contributed by atoms with van der Waals surface area (Å²) in [5.74, 6) is 1.29. The van der Waals surface area contributed by atoms with E-state index < -0.39 is 11.7 Å². The summed E-state index contributed by atoms with van der Waals surface area (Å²) in [6, 6.07) is 14.9. The second-order valence-corrected chi connectivity index (χ2v) is 8.12. The Bertz CT molecular complexity index is 1240. The largest absolute Gasteiger partial charge is 0.417 e. The lowest BCUT2D eigenvalue weighted by Crippen LogP contribution is -2.12. The maximum Gasteiger partial charge on any atom is 0.417 e. The highest BCUT2D eigenvalue weighted by Gasteiger charge is 2.34. The average molecular weight is 437 g/mol. The van der Waals surface area contributed by atoms with Crippen LogP contribution < -0.4 is 5.32 Å². The normalized spacial score (nSPS) is 15.2. The van der Waals surface area contributed by atoms with Crippen LogP contribution in [0, 0.1) is 0 Å². The molecular weight excluding hydrogens is 415 g/mol. The van der Waals surface area contributed by atoms with Gasteiger partial charge in [-0.25, -0.2) is 9.97 Å². The first-order valence-corrected chi connectivity index (χ1v) is 10.7. The molecule has 0 unspecified atom stereocenters. The van der Waals surface area contributed by atoms with Crippen molar-refractivity contribution in [3.63, 3.8) is 0 Å². The van der Waals surface area contributed by atoms with Crippen LogP contribution in [-0.4, -0.2) is 20.2 Å². The van der Waals surface area contributed by atoms with Gasteiger partial charge >= 0.3 is 6.18 Å². The smallest absolute Gasteiger partial charge is 0.323 e. The summed E-state index contributed by atoms with van der Waals surface area (Å²) in [6.07, 6.45) is 0.818. The summed E-state index contributed by atoms with van der Waals surface area (Å²) < 4.78 is 41.1. The van der Waals surface area contributed by atoms with Gasteiger partial charge in [-0.15, -0.1) is 0 Å². The molecule has 2 heterocycles. The van der Waals surface area contributed by atoms with Crippen molar-refractivity contribution in [3.8, 4) is 11.4 Å². The summed E-state index contributed by atoms with van der Waals surface area (Å²) in [5.41, 5.74) is 0.873. The number of H-pyrrole nitrogens is 1. The molecule has 0 spiro atoms. The number of benzene rings is 2. The number of hydrogen-bond donors (Lipinski definition) is 2. The predicted molar refractivity (Wildman–Crippen MR) is 118 cm³/mol. The van der Waals surface area contributed by atoms with Gasteiger partial charge in [-0.1, -0.05) is 49.6 Å². The molecule has 4 aromatic rings. The van der Waals surface area contributed by atoms with Gasteiger partial charge in [-0.3, -0.25) is 5.10 Å². The minimum Gasteiger partial charge on any atom is -0.323 e. The molecule has 0 saturated heterocycles. The molecule has 0 atom stereocenters. The van der Waals surface area contributed by atoms with Crippen LogP contribution in [0.15, 0.2) is 54.6 Å². The summed E-state index contributed by atoms with van der Waals surface area (Å²) in [4.78, 5) is 9.09. The number of para-hydroxylation sites is 1. The minimum atomic E-state index is -4.49. The number of halogens is 3. The van der Waals surface area contributed by atoms with Crippen molar-refractivity contribution in [2.75, 3.05) is 5.32 Å². The van der Waals surface area contributed by atoms with Crippen molar-refractivity contribution >= 4 is 22.5 Å². The lowest BCUT2D eigenvalue weighted by atomic mass is 9.86. The van der Waals surface area contributed by atoms with Gasteiger partial charge in [0.15, 0.2) is 11.6 Å². The maximum atomic E-state index is 13.7. The summed E-state index contributed by atoms with van der Waals surface area (Å²) in [7, 11) is 0. The molecule has 1 saturated carbocycles. The van der Waals surface area contributed by atoms with Crippen LogP contribution in [-0.2, 0) is 6.18 Å². The van der Waals surface area contributed by atoms with E-state index in [1.165, 1.54) is 18.6 Å². The Morgan fingerprint density at radius 3 is 2.47 bits per heavy atom. The van der Waals surface area contributed by atoms with Crippen LogP contribution in [0.3, 0.4) is 0 Å². The fourth-order valence-electron chi connectivity index (χ4n) is 4.36. The number of aromatic amines is 1. The van der Waals surface area contributed by atoms with Crippen molar-refractivity contribution < 1.29 is 13.2 Å². The van der Waals surface area contributed by atoms with Crippen LogP contribution >= 0.6 is 0 Å². The Labute approximate surface area is 183 Å². The number of nitrogens with zero attached hydrogens (tertiary/aromatic N) is 3. The molecule has 1 aliphatic rings. The molecule has 0 aliphatic heterocycles. The Kier molecular flexibility index (Phi) is 5.28. The Morgan fingerprint density at radius 1 is 0.906 bits per heavy atom. The first-order chi connectivity index (χ1) is 15.5. The number of alkyl halides is 3. The van der Waals surface area contributed by atoms with E-state index in [2.05, 4.69) is 25.5 Å². The Morgan fingerprint density at radius 2 is 1.66 bits per heavy atom. The highest BCUT2D eigenvalue weighted by molar-refractivity contribution is 5.91.